The summed E-state index contributed by atoms with van der Waals surface area (Å²) in [5.41, 5.74) is 0.569. The fourth-order valence-electron chi connectivity index (χ4n) is 2.04. The highest BCUT2D eigenvalue weighted by molar-refractivity contribution is 8.00. The molecule has 0 unspecified atom stereocenters. The Kier molecular flexibility index (Phi) is 3.85. The lowest BCUT2D eigenvalue weighted by molar-refractivity contribution is 0.0764. The highest BCUT2D eigenvalue weighted by atomic mass is 32.2. The maximum absolute atomic E-state index is 12.3. The smallest absolute Gasteiger partial charge is 0.254 e. The third-order valence-electron chi connectivity index (χ3n) is 3.22. The van der Waals surface area contributed by atoms with E-state index < -0.39 is 0 Å². The first-order chi connectivity index (χ1) is 8.48. The van der Waals surface area contributed by atoms with Crippen molar-refractivity contribution in [1.29, 1.82) is 0 Å². The molecule has 1 saturated heterocycles. The largest absolute Gasteiger partial charge is 0.508 e. The number of phenolic OH excluding ortho intramolecular Hbond substituents is 1. The summed E-state index contributed by atoms with van der Waals surface area (Å²) in [5.74, 6) is 1.13. The first-order valence-electron chi connectivity index (χ1n) is 6.20. The fraction of sp³-hybridized carbons (Fsp3) is 0.500. The molecule has 1 aliphatic heterocycles. The van der Waals surface area contributed by atoms with Gasteiger partial charge in [0.15, 0.2) is 0 Å². The third kappa shape index (κ3) is 3.19. The Morgan fingerprint density at radius 1 is 1.39 bits per heavy atom. The minimum atomic E-state index is 0.0178. The number of amides is 1. The lowest BCUT2D eigenvalue weighted by atomic mass is 10.1. The topological polar surface area (TPSA) is 40.5 Å². The van der Waals surface area contributed by atoms with Gasteiger partial charge < -0.3 is 10.0 Å². The van der Waals surface area contributed by atoms with E-state index in [1.807, 2.05) is 16.7 Å². The Bertz CT molecular complexity index is 445. The zero-order chi connectivity index (χ0) is 13.2. The van der Waals surface area contributed by atoms with Crippen LogP contribution >= 0.6 is 11.8 Å². The van der Waals surface area contributed by atoms with Crippen LogP contribution in [-0.2, 0) is 0 Å². The quantitative estimate of drug-likeness (QED) is 0.849. The summed E-state index contributed by atoms with van der Waals surface area (Å²) in [7, 11) is 0. The molecule has 1 amide bonds. The molecule has 1 N–H and O–H groups in total. The molecule has 4 heteroatoms. The summed E-state index contributed by atoms with van der Waals surface area (Å²) in [6.45, 7) is 6.01. The predicted octanol–water partition coefficient (Wildman–Crippen LogP) is 2.75. The van der Waals surface area contributed by atoms with Crippen molar-refractivity contribution in [2.75, 3.05) is 18.8 Å². The molecule has 0 saturated carbocycles. The highest BCUT2D eigenvalue weighted by Gasteiger charge is 2.26. The van der Waals surface area contributed by atoms with Crippen molar-refractivity contribution in [3.8, 4) is 5.75 Å². The highest BCUT2D eigenvalue weighted by Crippen LogP contribution is 2.31. The van der Waals surface area contributed by atoms with E-state index in [4.69, 9.17) is 0 Å². The molecule has 1 aliphatic rings. The number of hydrogen-bond acceptors (Lipinski definition) is 3. The molecule has 0 atom stereocenters. The first-order valence-corrected chi connectivity index (χ1v) is 7.19. The number of aromatic hydroxyl groups is 1. The second kappa shape index (κ2) is 5.22. The average Bonchev–Trinajstić information content (AvgIpc) is 2.49. The number of carbonyl (C=O) groups excluding carboxylic acids is 1. The second-order valence-electron chi connectivity index (χ2n) is 5.20. The number of thioether (sulfide) groups is 1. The van der Waals surface area contributed by atoms with E-state index in [1.54, 1.807) is 18.2 Å². The predicted molar refractivity (Wildman–Crippen MR) is 75.2 cm³/mol. The minimum absolute atomic E-state index is 0.0178. The molecule has 98 valence electrons. The van der Waals surface area contributed by atoms with Crippen LogP contribution in [0.3, 0.4) is 0 Å². The van der Waals surface area contributed by atoms with E-state index in [-0.39, 0.29) is 16.4 Å². The molecule has 0 spiro atoms. The molecular weight excluding hydrogens is 246 g/mol. The molecule has 0 aliphatic carbocycles. The van der Waals surface area contributed by atoms with Crippen LogP contribution in [-0.4, -0.2) is 39.5 Å². The molecule has 0 bridgehead atoms. The van der Waals surface area contributed by atoms with Gasteiger partial charge in [0.05, 0.1) is 0 Å². The number of hydrogen-bond donors (Lipinski definition) is 1. The molecular formula is C14H19NO2S. The number of nitrogens with zero attached hydrogens (tertiary/aromatic N) is 1. The second-order valence-corrected chi connectivity index (χ2v) is 7.00. The van der Waals surface area contributed by atoms with E-state index in [9.17, 15) is 9.90 Å². The van der Waals surface area contributed by atoms with Crippen molar-refractivity contribution in [2.45, 2.75) is 25.0 Å². The van der Waals surface area contributed by atoms with Crippen LogP contribution in [0.25, 0.3) is 0 Å². The van der Waals surface area contributed by atoms with Crippen LogP contribution in [0.4, 0.5) is 0 Å². The van der Waals surface area contributed by atoms with Crippen molar-refractivity contribution >= 4 is 17.7 Å². The molecule has 0 aromatic heterocycles. The van der Waals surface area contributed by atoms with Crippen molar-refractivity contribution in [3.63, 3.8) is 0 Å². The number of carbonyl (C=O) groups is 1. The molecule has 18 heavy (non-hydrogen) atoms. The summed E-state index contributed by atoms with van der Waals surface area (Å²) in [6, 6.07) is 6.58. The standard InChI is InChI=1S/C14H19NO2S/c1-14(2)6-7-15(8-9-18-14)13(17)11-4-3-5-12(16)10-11/h3-5,10,16H,6-9H2,1-2H3. The third-order valence-corrected chi connectivity index (χ3v) is 4.59. The molecule has 0 radical (unpaired) electrons. The Morgan fingerprint density at radius 3 is 2.89 bits per heavy atom. The summed E-state index contributed by atoms with van der Waals surface area (Å²) in [5, 5.41) is 9.42. The van der Waals surface area contributed by atoms with E-state index >= 15 is 0 Å². The van der Waals surface area contributed by atoms with Gasteiger partial charge >= 0.3 is 0 Å². The normalized spacial score (nSPS) is 19.3. The van der Waals surface area contributed by atoms with Gasteiger partial charge in [-0.05, 0) is 24.6 Å². The van der Waals surface area contributed by atoms with E-state index in [0.29, 0.717) is 5.56 Å². The van der Waals surface area contributed by atoms with Crippen LogP contribution in [0.1, 0.15) is 30.6 Å². The fourth-order valence-corrected chi connectivity index (χ4v) is 3.14. The monoisotopic (exact) mass is 265 g/mol. The molecule has 1 heterocycles. The Morgan fingerprint density at radius 2 is 2.17 bits per heavy atom. The first kappa shape index (κ1) is 13.3. The van der Waals surface area contributed by atoms with Crippen LogP contribution < -0.4 is 0 Å². The Balaban J connectivity index is 2.10. The van der Waals surface area contributed by atoms with Crippen LogP contribution in [0.5, 0.6) is 5.75 Å². The van der Waals surface area contributed by atoms with Gasteiger partial charge in [-0.2, -0.15) is 11.8 Å². The van der Waals surface area contributed by atoms with Crippen LogP contribution in [0.15, 0.2) is 24.3 Å². The maximum Gasteiger partial charge on any atom is 0.254 e. The number of benzene rings is 1. The van der Waals surface area contributed by atoms with Gasteiger partial charge in [-0.15, -0.1) is 0 Å². The van der Waals surface area contributed by atoms with Gasteiger partial charge in [0.25, 0.3) is 5.91 Å². The molecule has 3 nitrogen and oxygen atoms in total. The summed E-state index contributed by atoms with van der Waals surface area (Å²) in [6.07, 6.45) is 1.00. The summed E-state index contributed by atoms with van der Waals surface area (Å²) < 4.78 is 0.244. The summed E-state index contributed by atoms with van der Waals surface area (Å²) >= 11 is 1.92. The molecule has 1 aromatic carbocycles. The van der Waals surface area contributed by atoms with Crippen molar-refractivity contribution < 1.29 is 9.90 Å². The Labute approximate surface area is 112 Å². The molecule has 1 aromatic rings. The van der Waals surface area contributed by atoms with Gasteiger partial charge in [-0.3, -0.25) is 4.79 Å². The number of rotatable bonds is 1. The average molecular weight is 265 g/mol. The zero-order valence-corrected chi connectivity index (χ0v) is 11.7. The van der Waals surface area contributed by atoms with E-state index in [0.717, 1.165) is 25.3 Å². The van der Waals surface area contributed by atoms with Gasteiger partial charge in [0.2, 0.25) is 0 Å². The zero-order valence-electron chi connectivity index (χ0n) is 10.8. The Hall–Kier alpha value is -1.16. The molecule has 1 fully saturated rings. The van der Waals surface area contributed by atoms with Crippen LogP contribution in [0, 0.1) is 0 Å². The van der Waals surface area contributed by atoms with Gasteiger partial charge in [-0.1, -0.05) is 19.9 Å². The van der Waals surface area contributed by atoms with Crippen molar-refractivity contribution in [3.05, 3.63) is 29.8 Å². The van der Waals surface area contributed by atoms with Gasteiger partial charge in [-0.25, -0.2) is 0 Å². The SMILES string of the molecule is CC1(C)CCN(C(=O)c2cccc(O)c2)CCS1. The maximum atomic E-state index is 12.3. The van der Waals surface area contributed by atoms with E-state index in [1.165, 1.54) is 6.07 Å². The van der Waals surface area contributed by atoms with Crippen LogP contribution in [0.2, 0.25) is 0 Å². The summed E-state index contributed by atoms with van der Waals surface area (Å²) in [4.78, 5) is 14.2. The van der Waals surface area contributed by atoms with E-state index in [2.05, 4.69) is 13.8 Å². The lowest BCUT2D eigenvalue weighted by Gasteiger charge is -2.22. The minimum Gasteiger partial charge on any atom is -0.508 e. The van der Waals surface area contributed by atoms with Crippen molar-refractivity contribution in [2.24, 2.45) is 0 Å². The van der Waals surface area contributed by atoms with Crippen molar-refractivity contribution in [1.82, 2.24) is 4.90 Å². The van der Waals surface area contributed by atoms with Gasteiger partial charge in [0, 0.05) is 29.2 Å². The number of phenols is 1. The molecule has 2 rings (SSSR count). The lowest BCUT2D eigenvalue weighted by Crippen LogP contribution is -2.33. The van der Waals surface area contributed by atoms with Gasteiger partial charge in [0.1, 0.15) is 5.75 Å².